The van der Waals surface area contributed by atoms with Crippen LogP contribution in [0.5, 0.6) is 0 Å². The van der Waals surface area contributed by atoms with Crippen molar-refractivity contribution in [3.63, 3.8) is 0 Å². The predicted molar refractivity (Wildman–Crippen MR) is 208 cm³/mol. The molecule has 8 aromatic rings. The van der Waals surface area contributed by atoms with Gasteiger partial charge in [-0.05, 0) is 103 Å². The topological polar surface area (TPSA) is 23.8 Å². The Morgan fingerprint density at radius 3 is 1.41 bits per heavy atom. The minimum atomic E-state index is 0.218. The van der Waals surface area contributed by atoms with Gasteiger partial charge in [-0.25, -0.2) is 0 Å². The molecule has 8 aromatic carbocycles. The van der Waals surface area contributed by atoms with Crippen molar-refractivity contribution in [3.05, 3.63) is 163 Å². The molecule has 10 rings (SSSR count). The molecule has 226 valence electrons. The summed E-state index contributed by atoms with van der Waals surface area (Å²) in [6.07, 6.45) is 0. The maximum Gasteiger partial charge on any atom is 0.247 e. The number of nitriles is 1. The average Bonchev–Trinajstić information content (AvgIpc) is 3.16. The summed E-state index contributed by atoms with van der Waals surface area (Å²) in [5.41, 5.74) is 11.7. The molecule has 0 amide bonds. The van der Waals surface area contributed by atoms with Crippen molar-refractivity contribution in [1.29, 1.82) is 5.26 Å². The Morgan fingerprint density at radius 2 is 0.857 bits per heavy atom. The Kier molecular flexibility index (Phi) is 6.59. The highest BCUT2D eigenvalue weighted by atomic mass is 32.2. The summed E-state index contributed by atoms with van der Waals surface area (Å²) >= 11 is 3.74. The molecule has 49 heavy (non-hydrogen) atoms. The lowest BCUT2D eigenvalue weighted by Crippen LogP contribution is -2.57. The Labute approximate surface area is 294 Å². The molecule has 0 N–H and O–H groups in total. The van der Waals surface area contributed by atoms with E-state index in [0.29, 0.717) is 5.56 Å². The number of rotatable bonds is 3. The summed E-state index contributed by atoms with van der Waals surface area (Å²) in [4.78, 5) is 5.22. The van der Waals surface area contributed by atoms with E-state index >= 15 is 0 Å². The van der Waals surface area contributed by atoms with Gasteiger partial charge in [-0.1, -0.05) is 150 Å². The first kappa shape index (κ1) is 28.5. The molecule has 0 aliphatic carbocycles. The zero-order chi connectivity index (χ0) is 32.5. The number of hydrogen-bond donors (Lipinski definition) is 0. The molecule has 0 unspecified atom stereocenters. The van der Waals surface area contributed by atoms with Crippen molar-refractivity contribution in [2.75, 3.05) is 0 Å². The predicted octanol–water partition coefficient (Wildman–Crippen LogP) is 10.3. The van der Waals surface area contributed by atoms with Crippen molar-refractivity contribution in [3.8, 4) is 39.4 Å². The van der Waals surface area contributed by atoms with Crippen molar-refractivity contribution in [1.82, 2.24) is 0 Å². The SMILES string of the molecule is N#Cc1cc(-c2cc3c4c(c2)Sc2ccccc2B4c2ccccc2S3)cc(-c2c3ccccc3c(-c3ccccc3)c3ccccc23)c1. The summed E-state index contributed by atoms with van der Waals surface area (Å²) in [6.45, 7) is 0.218. The van der Waals surface area contributed by atoms with E-state index in [9.17, 15) is 5.26 Å². The minimum Gasteiger partial charge on any atom is -0.192 e. The molecule has 1 nitrogen and oxygen atoms in total. The third-order valence-corrected chi connectivity index (χ3v) is 12.3. The molecule has 2 aliphatic rings. The third-order valence-electron chi connectivity index (χ3n) is 9.97. The largest absolute Gasteiger partial charge is 0.247 e. The maximum atomic E-state index is 10.4. The molecule has 0 saturated carbocycles. The van der Waals surface area contributed by atoms with E-state index < -0.39 is 0 Å². The number of hydrogen-bond acceptors (Lipinski definition) is 3. The Hall–Kier alpha value is -5.47. The van der Waals surface area contributed by atoms with Gasteiger partial charge in [0.25, 0.3) is 0 Å². The highest BCUT2D eigenvalue weighted by Crippen LogP contribution is 2.46. The molecular weight excluding hydrogens is 629 g/mol. The maximum absolute atomic E-state index is 10.4. The van der Waals surface area contributed by atoms with Crippen LogP contribution in [0.25, 0.3) is 54.9 Å². The van der Waals surface area contributed by atoms with E-state index in [2.05, 4.69) is 164 Å². The molecule has 0 radical (unpaired) electrons. The van der Waals surface area contributed by atoms with Gasteiger partial charge in [-0.15, -0.1) is 0 Å². The van der Waals surface area contributed by atoms with Crippen molar-refractivity contribution in [2.45, 2.75) is 19.6 Å². The molecule has 0 fully saturated rings. The van der Waals surface area contributed by atoms with Crippen molar-refractivity contribution in [2.24, 2.45) is 0 Å². The van der Waals surface area contributed by atoms with Gasteiger partial charge in [0.05, 0.1) is 11.6 Å². The van der Waals surface area contributed by atoms with Crippen LogP contribution in [0.4, 0.5) is 0 Å². The standard InChI is InChI=1S/C45H26BNS2/c47-27-28-22-30(31-25-41-45-42(26-31)49-40-21-11-9-19-38(40)46(45)37-18-8-10-20-39(37)48-41)24-32(23-28)44-35-16-6-4-14-33(35)43(29-12-2-1-3-13-29)34-15-5-7-17-36(34)44/h1-26H. The second kappa shape index (κ2) is 11.3. The first-order valence-electron chi connectivity index (χ1n) is 16.5. The molecular formula is C45H26BNS2. The number of nitrogens with zero attached hydrogens (tertiary/aromatic N) is 1. The van der Waals surface area contributed by atoms with Gasteiger partial charge in [-0.2, -0.15) is 5.26 Å². The van der Waals surface area contributed by atoms with Gasteiger partial charge in [0.15, 0.2) is 0 Å². The fourth-order valence-electron chi connectivity index (χ4n) is 7.92. The van der Waals surface area contributed by atoms with Crippen molar-refractivity contribution < 1.29 is 0 Å². The zero-order valence-corrected chi connectivity index (χ0v) is 28.0. The van der Waals surface area contributed by atoms with Crippen LogP contribution in [0.2, 0.25) is 0 Å². The van der Waals surface area contributed by atoms with E-state index in [0.717, 1.165) is 22.3 Å². The second-order valence-electron chi connectivity index (χ2n) is 12.7. The smallest absolute Gasteiger partial charge is 0.192 e. The molecule has 0 bridgehead atoms. The first-order chi connectivity index (χ1) is 24.2. The van der Waals surface area contributed by atoms with Crippen molar-refractivity contribution >= 4 is 68.2 Å². The quantitative estimate of drug-likeness (QED) is 0.140. The lowest BCUT2D eigenvalue weighted by Gasteiger charge is -2.33. The highest BCUT2D eigenvalue weighted by Gasteiger charge is 2.38. The van der Waals surface area contributed by atoms with E-state index in [4.69, 9.17) is 0 Å². The van der Waals surface area contributed by atoms with Crippen LogP contribution in [0.1, 0.15) is 5.56 Å². The van der Waals surface area contributed by atoms with E-state index in [1.807, 2.05) is 23.5 Å². The molecule has 4 heteroatoms. The number of fused-ring (bicyclic) bond motifs is 6. The summed E-state index contributed by atoms with van der Waals surface area (Å²) in [5.74, 6) is 0. The molecule has 0 saturated heterocycles. The fourth-order valence-corrected chi connectivity index (χ4v) is 10.4. The molecule has 2 heterocycles. The average molecular weight is 656 g/mol. The summed E-state index contributed by atoms with van der Waals surface area (Å²) in [7, 11) is 0. The highest BCUT2D eigenvalue weighted by molar-refractivity contribution is 8.01. The minimum absolute atomic E-state index is 0.218. The summed E-state index contributed by atoms with van der Waals surface area (Å²) < 4.78 is 0. The van der Waals surface area contributed by atoms with Gasteiger partial charge in [0.1, 0.15) is 0 Å². The summed E-state index contributed by atoms with van der Waals surface area (Å²) in [5, 5.41) is 15.2. The van der Waals surface area contributed by atoms with Gasteiger partial charge in [0.2, 0.25) is 6.71 Å². The number of benzene rings is 8. The Balaban J connectivity index is 1.21. The summed E-state index contributed by atoms with van der Waals surface area (Å²) in [6, 6.07) is 59.5. The van der Waals surface area contributed by atoms with Crippen LogP contribution in [0.3, 0.4) is 0 Å². The van der Waals surface area contributed by atoms with Gasteiger partial charge >= 0.3 is 0 Å². The second-order valence-corrected chi connectivity index (χ2v) is 14.9. The van der Waals surface area contributed by atoms with Crippen LogP contribution in [-0.4, -0.2) is 6.71 Å². The third kappa shape index (κ3) is 4.51. The zero-order valence-electron chi connectivity index (χ0n) is 26.4. The monoisotopic (exact) mass is 655 g/mol. The Bertz CT molecular complexity index is 2560. The molecule has 0 atom stereocenters. The van der Waals surface area contributed by atoms with Crippen LogP contribution in [-0.2, 0) is 0 Å². The normalized spacial score (nSPS) is 12.7. The van der Waals surface area contributed by atoms with Gasteiger partial charge in [0, 0.05) is 19.6 Å². The van der Waals surface area contributed by atoms with E-state index in [-0.39, 0.29) is 6.71 Å². The lowest BCUT2D eigenvalue weighted by atomic mass is 9.36. The van der Waals surface area contributed by atoms with Gasteiger partial charge < -0.3 is 0 Å². The Morgan fingerprint density at radius 1 is 0.408 bits per heavy atom. The van der Waals surface area contributed by atoms with Crippen LogP contribution in [0.15, 0.2) is 177 Å². The molecule has 0 aromatic heterocycles. The van der Waals surface area contributed by atoms with Crippen LogP contribution in [0, 0.1) is 11.3 Å². The van der Waals surface area contributed by atoms with E-state index in [1.54, 1.807) is 0 Å². The van der Waals surface area contributed by atoms with E-state index in [1.165, 1.54) is 68.6 Å². The van der Waals surface area contributed by atoms with Crippen LogP contribution >= 0.6 is 23.5 Å². The molecule has 0 spiro atoms. The van der Waals surface area contributed by atoms with Gasteiger partial charge in [-0.3, -0.25) is 0 Å². The van der Waals surface area contributed by atoms with Crippen LogP contribution < -0.4 is 16.4 Å². The lowest BCUT2D eigenvalue weighted by molar-refractivity contribution is 1.33. The molecule has 2 aliphatic heterocycles. The fraction of sp³-hybridized carbons (Fsp3) is 0. The first-order valence-corrected chi connectivity index (χ1v) is 18.1.